The highest BCUT2D eigenvalue weighted by molar-refractivity contribution is 5.93. The number of hydrogen-bond donors (Lipinski definition) is 2. The highest BCUT2D eigenvalue weighted by Crippen LogP contribution is 2.42. The van der Waals surface area contributed by atoms with Gasteiger partial charge in [0, 0.05) is 25.8 Å². The van der Waals surface area contributed by atoms with E-state index in [4.69, 9.17) is 4.74 Å². The third-order valence-corrected chi connectivity index (χ3v) is 8.02. The van der Waals surface area contributed by atoms with Gasteiger partial charge in [-0.05, 0) is 58.0 Å². The normalized spacial score (nSPS) is 23.6. The van der Waals surface area contributed by atoms with Gasteiger partial charge >= 0.3 is 6.09 Å². The molecule has 4 heterocycles. The minimum Gasteiger partial charge on any atom is -0.444 e. The number of nitrogens with zero attached hydrogens (tertiary/aromatic N) is 7. The molecule has 2 amide bonds. The van der Waals surface area contributed by atoms with Crippen LogP contribution >= 0.6 is 0 Å². The molecule has 2 fully saturated rings. The van der Waals surface area contributed by atoms with Gasteiger partial charge < -0.3 is 15.2 Å². The molecule has 0 radical (unpaired) electrons. The molecule has 5 rings (SSSR count). The Morgan fingerprint density at radius 3 is 2.48 bits per heavy atom. The number of rotatable bonds is 6. The maximum absolute atomic E-state index is 14.0. The number of amides is 2. The molecular weight excluding hydrogens is 592 g/mol. The van der Waals surface area contributed by atoms with Gasteiger partial charge in [-0.15, -0.1) is 0 Å². The molecule has 13 nitrogen and oxygen atoms in total. The van der Waals surface area contributed by atoms with E-state index in [-0.39, 0.29) is 67.2 Å². The molecule has 3 aromatic heterocycles. The zero-order valence-electron chi connectivity index (χ0n) is 24.6. The van der Waals surface area contributed by atoms with Gasteiger partial charge in [0.15, 0.2) is 5.69 Å². The monoisotopic (exact) mass is 626 g/mol. The number of aliphatic hydroxyl groups is 1. The molecule has 0 spiro atoms. The van der Waals surface area contributed by atoms with E-state index in [9.17, 15) is 32.3 Å². The topological polar surface area (TPSA) is 161 Å². The molecule has 3 aromatic rings. The second kappa shape index (κ2) is 11.6. The van der Waals surface area contributed by atoms with Crippen molar-refractivity contribution in [1.29, 1.82) is 0 Å². The number of aryl methyl sites for hydroxylation is 1. The van der Waals surface area contributed by atoms with Crippen LogP contribution in [0, 0.1) is 12.8 Å². The number of imidazole rings is 1. The number of carbonyl (C=O) groups excluding carboxylic acids is 2. The molecule has 1 saturated carbocycles. The lowest BCUT2D eigenvalue weighted by atomic mass is 9.81. The third kappa shape index (κ3) is 6.61. The third-order valence-electron chi connectivity index (χ3n) is 8.02. The van der Waals surface area contributed by atoms with Crippen molar-refractivity contribution in [2.45, 2.75) is 102 Å². The summed E-state index contributed by atoms with van der Waals surface area (Å²) in [4.78, 5) is 36.3. The van der Waals surface area contributed by atoms with Crippen molar-refractivity contribution in [1.82, 2.24) is 40.1 Å². The van der Waals surface area contributed by atoms with Gasteiger partial charge in [0.05, 0.1) is 35.9 Å². The SMILES string of the molecule is Cc1nonc1C(=O)N[C@H](c1cn2ncc(C3CC(O)(C(F)F)CCN3C(=O)OC(C)(C)C)nc2n1)C1CCC(F)(F)CC1. The Hall–Kier alpha value is -3.89. The molecule has 44 heavy (non-hydrogen) atoms. The molecule has 1 aliphatic heterocycles. The van der Waals surface area contributed by atoms with E-state index in [1.807, 2.05) is 0 Å². The Morgan fingerprint density at radius 1 is 1.16 bits per heavy atom. The summed E-state index contributed by atoms with van der Waals surface area (Å²) >= 11 is 0. The largest absolute Gasteiger partial charge is 0.444 e. The van der Waals surface area contributed by atoms with Crippen molar-refractivity contribution in [3.8, 4) is 0 Å². The van der Waals surface area contributed by atoms with E-state index in [0.29, 0.717) is 0 Å². The summed E-state index contributed by atoms with van der Waals surface area (Å²) in [6.45, 7) is 6.31. The first-order chi connectivity index (χ1) is 20.6. The summed E-state index contributed by atoms with van der Waals surface area (Å²) in [5.74, 6) is -3.85. The Kier molecular flexibility index (Phi) is 8.28. The lowest BCUT2D eigenvalue weighted by Gasteiger charge is -2.43. The average molecular weight is 627 g/mol. The van der Waals surface area contributed by atoms with Gasteiger partial charge in [0.2, 0.25) is 5.92 Å². The van der Waals surface area contributed by atoms with Crippen LogP contribution in [0.5, 0.6) is 0 Å². The minimum atomic E-state index is -3.07. The van der Waals surface area contributed by atoms with Crippen LogP contribution in [0.25, 0.3) is 5.78 Å². The predicted molar refractivity (Wildman–Crippen MR) is 143 cm³/mol. The molecule has 0 aromatic carbocycles. The van der Waals surface area contributed by atoms with Gasteiger partial charge in [-0.1, -0.05) is 5.16 Å². The summed E-state index contributed by atoms with van der Waals surface area (Å²) in [5, 5.41) is 25.0. The predicted octanol–water partition coefficient (Wildman–Crippen LogP) is 4.18. The molecule has 1 aliphatic carbocycles. The maximum Gasteiger partial charge on any atom is 0.410 e. The van der Waals surface area contributed by atoms with Crippen molar-refractivity contribution in [3.63, 3.8) is 0 Å². The zero-order valence-corrected chi connectivity index (χ0v) is 24.6. The number of aromatic nitrogens is 6. The van der Waals surface area contributed by atoms with E-state index in [1.165, 1.54) is 28.7 Å². The van der Waals surface area contributed by atoms with E-state index >= 15 is 0 Å². The zero-order chi connectivity index (χ0) is 32.0. The first-order valence-corrected chi connectivity index (χ1v) is 14.3. The van der Waals surface area contributed by atoms with Crippen LogP contribution in [0.2, 0.25) is 0 Å². The Balaban J connectivity index is 1.48. The molecule has 0 bridgehead atoms. The van der Waals surface area contributed by atoms with Crippen molar-refractivity contribution in [2.24, 2.45) is 5.92 Å². The quantitative estimate of drug-likeness (QED) is 0.380. The molecule has 2 unspecified atom stereocenters. The fourth-order valence-corrected chi connectivity index (χ4v) is 5.61. The minimum absolute atomic E-state index is 0.00692. The summed E-state index contributed by atoms with van der Waals surface area (Å²) in [6, 6.07) is -1.95. The first kappa shape index (κ1) is 31.5. The van der Waals surface area contributed by atoms with Gasteiger partial charge in [-0.2, -0.15) is 5.10 Å². The Bertz CT molecular complexity index is 1520. The molecular formula is C27H34F4N8O5. The highest BCUT2D eigenvalue weighted by Gasteiger charge is 2.48. The van der Waals surface area contributed by atoms with Crippen LogP contribution < -0.4 is 5.32 Å². The summed E-state index contributed by atoms with van der Waals surface area (Å²) in [7, 11) is 0. The van der Waals surface area contributed by atoms with E-state index in [2.05, 4.69) is 35.3 Å². The number of likely N-dealkylation sites (tertiary alicyclic amines) is 1. The van der Waals surface area contributed by atoms with Gasteiger partial charge in [-0.25, -0.2) is 41.5 Å². The van der Waals surface area contributed by atoms with Crippen molar-refractivity contribution in [3.05, 3.63) is 35.2 Å². The number of fused-ring (bicyclic) bond motifs is 1. The molecule has 3 atom stereocenters. The lowest BCUT2D eigenvalue weighted by molar-refractivity contribution is -0.139. The van der Waals surface area contributed by atoms with Crippen molar-refractivity contribution in [2.75, 3.05) is 6.54 Å². The molecule has 2 N–H and O–H groups in total. The van der Waals surface area contributed by atoms with Crippen LogP contribution in [-0.2, 0) is 4.74 Å². The number of carbonyl (C=O) groups is 2. The van der Waals surface area contributed by atoms with E-state index in [0.717, 1.165) is 0 Å². The number of hydrogen-bond acceptors (Lipinski definition) is 10. The van der Waals surface area contributed by atoms with E-state index in [1.54, 1.807) is 20.8 Å². The fraction of sp³-hybridized carbons (Fsp3) is 0.667. The summed E-state index contributed by atoms with van der Waals surface area (Å²) in [5.41, 5.74) is -2.70. The fourth-order valence-electron chi connectivity index (χ4n) is 5.61. The molecule has 2 aliphatic rings. The summed E-state index contributed by atoms with van der Waals surface area (Å²) < 4.78 is 67.1. The smallest absolute Gasteiger partial charge is 0.410 e. The van der Waals surface area contributed by atoms with Crippen LogP contribution in [-0.4, -0.2) is 82.0 Å². The lowest BCUT2D eigenvalue weighted by Crippen LogP contribution is -2.52. The second-order valence-corrected chi connectivity index (χ2v) is 12.5. The Labute approximate surface area is 249 Å². The van der Waals surface area contributed by atoms with Crippen LogP contribution in [0.1, 0.15) is 99.0 Å². The standard InChI is InChI=1S/C27H34F4N8O5/c1-14-19(37-44-36-14)21(40)35-20(15-5-7-27(30,31)8-6-15)17-13-39-23(34-17)33-16(12-32-39)18-11-26(42,22(28)29)9-10-38(18)24(41)43-25(2,3)4/h12-13,15,18,20,22,42H,5-11H2,1-4H3,(H,35,40)/t18?,20-,26?/m0/s1. The second-order valence-electron chi connectivity index (χ2n) is 12.5. The molecule has 240 valence electrons. The first-order valence-electron chi connectivity index (χ1n) is 14.3. The van der Waals surface area contributed by atoms with Crippen LogP contribution in [0.15, 0.2) is 17.0 Å². The van der Waals surface area contributed by atoms with Crippen molar-refractivity contribution < 1.29 is 41.6 Å². The van der Waals surface area contributed by atoms with Gasteiger partial charge in [0.1, 0.15) is 16.9 Å². The van der Waals surface area contributed by atoms with Crippen LogP contribution in [0.3, 0.4) is 0 Å². The maximum atomic E-state index is 14.0. The number of alkyl halides is 4. The Morgan fingerprint density at radius 2 is 1.86 bits per heavy atom. The number of nitrogens with one attached hydrogen (secondary N) is 1. The molecule has 1 saturated heterocycles. The number of ether oxygens (including phenoxy) is 1. The summed E-state index contributed by atoms with van der Waals surface area (Å²) in [6.07, 6.45) is -2.49. The highest BCUT2D eigenvalue weighted by atomic mass is 19.3. The number of piperidine rings is 1. The average Bonchev–Trinajstić information content (AvgIpc) is 3.56. The van der Waals surface area contributed by atoms with Crippen molar-refractivity contribution >= 4 is 17.8 Å². The molecule has 17 heteroatoms. The number of halogens is 4. The van der Waals surface area contributed by atoms with E-state index < -0.39 is 60.0 Å². The van der Waals surface area contributed by atoms with Gasteiger partial charge in [-0.3, -0.25) is 9.69 Å². The van der Waals surface area contributed by atoms with Gasteiger partial charge in [0.25, 0.3) is 18.1 Å². The van der Waals surface area contributed by atoms with Crippen LogP contribution in [0.4, 0.5) is 22.4 Å².